The lowest BCUT2D eigenvalue weighted by molar-refractivity contribution is -0.384. The van der Waals surface area contributed by atoms with E-state index in [1.807, 2.05) is 14.0 Å². The number of rotatable bonds is 4. The second-order valence-electron chi connectivity index (χ2n) is 5.34. The topological polar surface area (TPSA) is 58.4 Å². The summed E-state index contributed by atoms with van der Waals surface area (Å²) in [6, 6.07) is 3.30. The van der Waals surface area contributed by atoms with Gasteiger partial charge >= 0.3 is 0 Å². The number of nitrogens with one attached hydrogen (secondary N) is 1. The van der Waals surface area contributed by atoms with Gasteiger partial charge in [-0.05, 0) is 50.9 Å². The van der Waals surface area contributed by atoms with E-state index >= 15 is 0 Å². The van der Waals surface area contributed by atoms with Crippen LogP contribution in [0.2, 0.25) is 5.02 Å². The van der Waals surface area contributed by atoms with Crippen LogP contribution in [0.5, 0.6) is 0 Å². The maximum absolute atomic E-state index is 10.9. The summed E-state index contributed by atoms with van der Waals surface area (Å²) in [4.78, 5) is 12.7. The number of piperidine rings is 1. The molecule has 1 aromatic rings. The summed E-state index contributed by atoms with van der Waals surface area (Å²) in [6.45, 7) is 4.90. The Balaban J connectivity index is 2.14. The zero-order valence-corrected chi connectivity index (χ0v) is 12.6. The standard InChI is InChI=1S/C14H20ClN3O2/c1-10-7-14(18(19)20)12(15)8-13(10)17-5-3-11(4-6-17)9-16-2/h7-8,11,16H,3-6,9H2,1-2H3. The fourth-order valence-corrected chi connectivity index (χ4v) is 3.03. The molecular weight excluding hydrogens is 278 g/mol. The molecule has 110 valence electrons. The first-order valence-corrected chi connectivity index (χ1v) is 7.24. The summed E-state index contributed by atoms with van der Waals surface area (Å²) < 4.78 is 0. The molecule has 2 rings (SSSR count). The molecule has 1 N–H and O–H groups in total. The second-order valence-corrected chi connectivity index (χ2v) is 5.74. The Kier molecular flexibility index (Phi) is 4.83. The Hall–Kier alpha value is -1.33. The smallest absolute Gasteiger partial charge is 0.288 e. The highest BCUT2D eigenvalue weighted by Crippen LogP contribution is 2.34. The van der Waals surface area contributed by atoms with E-state index in [4.69, 9.17) is 11.6 Å². The summed E-state index contributed by atoms with van der Waals surface area (Å²) in [5.41, 5.74) is 1.91. The van der Waals surface area contributed by atoms with Gasteiger partial charge in [0.25, 0.3) is 5.69 Å². The molecule has 1 heterocycles. The summed E-state index contributed by atoms with van der Waals surface area (Å²) >= 11 is 6.02. The third kappa shape index (κ3) is 3.22. The fraction of sp³-hybridized carbons (Fsp3) is 0.571. The maximum atomic E-state index is 10.9. The van der Waals surface area contributed by atoms with E-state index in [0.29, 0.717) is 5.92 Å². The van der Waals surface area contributed by atoms with E-state index in [9.17, 15) is 10.1 Å². The van der Waals surface area contributed by atoms with Gasteiger partial charge in [0.2, 0.25) is 0 Å². The molecule has 5 nitrogen and oxygen atoms in total. The zero-order chi connectivity index (χ0) is 14.7. The van der Waals surface area contributed by atoms with Crippen LogP contribution in [0.4, 0.5) is 11.4 Å². The first-order valence-electron chi connectivity index (χ1n) is 6.87. The molecular formula is C14H20ClN3O2. The normalized spacial score (nSPS) is 16.4. The summed E-state index contributed by atoms with van der Waals surface area (Å²) in [5, 5.41) is 14.3. The number of hydrogen-bond donors (Lipinski definition) is 1. The Bertz CT molecular complexity index is 499. The number of hydrogen-bond acceptors (Lipinski definition) is 4. The van der Waals surface area contributed by atoms with Crippen molar-refractivity contribution in [1.29, 1.82) is 0 Å². The van der Waals surface area contributed by atoms with Crippen molar-refractivity contribution in [2.45, 2.75) is 19.8 Å². The minimum Gasteiger partial charge on any atom is -0.371 e. The minimum atomic E-state index is -0.432. The van der Waals surface area contributed by atoms with Crippen LogP contribution in [0.1, 0.15) is 18.4 Å². The fourth-order valence-electron chi connectivity index (χ4n) is 2.80. The highest BCUT2D eigenvalue weighted by Gasteiger charge is 2.22. The first-order chi connectivity index (χ1) is 9.52. The van der Waals surface area contributed by atoms with Gasteiger partial charge in [0.05, 0.1) is 4.92 Å². The van der Waals surface area contributed by atoms with E-state index in [1.54, 1.807) is 12.1 Å². The van der Waals surface area contributed by atoms with Gasteiger partial charge in [-0.25, -0.2) is 0 Å². The lowest BCUT2D eigenvalue weighted by atomic mass is 9.96. The molecule has 0 radical (unpaired) electrons. The van der Waals surface area contributed by atoms with Crippen LogP contribution in [0.3, 0.4) is 0 Å². The number of nitro groups is 1. The van der Waals surface area contributed by atoms with Crippen LogP contribution in [-0.4, -0.2) is 31.6 Å². The van der Waals surface area contributed by atoms with E-state index in [1.165, 1.54) is 0 Å². The predicted molar refractivity (Wildman–Crippen MR) is 81.7 cm³/mol. The molecule has 1 aliphatic heterocycles. The molecule has 1 fully saturated rings. The lowest BCUT2D eigenvalue weighted by Crippen LogP contribution is -2.37. The van der Waals surface area contributed by atoms with Crippen molar-refractivity contribution in [3.8, 4) is 0 Å². The largest absolute Gasteiger partial charge is 0.371 e. The molecule has 20 heavy (non-hydrogen) atoms. The molecule has 0 spiro atoms. The number of benzene rings is 1. The third-order valence-electron chi connectivity index (χ3n) is 3.91. The van der Waals surface area contributed by atoms with Gasteiger partial charge in [0.1, 0.15) is 5.02 Å². The van der Waals surface area contributed by atoms with Crippen LogP contribution in [-0.2, 0) is 0 Å². The number of nitrogens with zero attached hydrogens (tertiary/aromatic N) is 2. The van der Waals surface area contributed by atoms with Crippen LogP contribution in [0.25, 0.3) is 0 Å². The average molecular weight is 298 g/mol. The van der Waals surface area contributed by atoms with Gasteiger partial charge in [-0.3, -0.25) is 10.1 Å². The number of nitro benzene ring substituents is 1. The van der Waals surface area contributed by atoms with Crippen molar-refractivity contribution < 1.29 is 4.92 Å². The molecule has 0 amide bonds. The summed E-state index contributed by atoms with van der Waals surface area (Å²) in [6.07, 6.45) is 2.27. The highest BCUT2D eigenvalue weighted by molar-refractivity contribution is 6.33. The van der Waals surface area contributed by atoms with Gasteiger partial charge in [0, 0.05) is 24.8 Å². The van der Waals surface area contributed by atoms with Crippen molar-refractivity contribution in [1.82, 2.24) is 5.32 Å². The van der Waals surface area contributed by atoms with Crippen molar-refractivity contribution in [2.24, 2.45) is 5.92 Å². The quantitative estimate of drug-likeness (QED) is 0.685. The van der Waals surface area contributed by atoms with Gasteiger partial charge in [-0.2, -0.15) is 0 Å². The van der Waals surface area contributed by atoms with E-state index in [-0.39, 0.29) is 10.7 Å². The molecule has 0 aromatic heterocycles. The Morgan fingerprint density at radius 2 is 2.10 bits per heavy atom. The molecule has 0 bridgehead atoms. The number of anilines is 1. The summed E-state index contributed by atoms with van der Waals surface area (Å²) in [7, 11) is 1.98. The Morgan fingerprint density at radius 3 is 2.65 bits per heavy atom. The predicted octanol–water partition coefficient (Wildman–Crippen LogP) is 2.99. The van der Waals surface area contributed by atoms with Crippen LogP contribution in [0.15, 0.2) is 12.1 Å². The first kappa shape index (κ1) is 15.1. The molecule has 0 unspecified atom stereocenters. The molecule has 0 aliphatic carbocycles. The highest BCUT2D eigenvalue weighted by atomic mass is 35.5. The SMILES string of the molecule is CNCC1CCN(c2cc(Cl)c([N+](=O)[O-])cc2C)CC1. The van der Waals surface area contributed by atoms with Crippen LogP contribution < -0.4 is 10.2 Å². The minimum absolute atomic E-state index is 0.0158. The Morgan fingerprint density at radius 1 is 1.45 bits per heavy atom. The van der Waals surface area contributed by atoms with Gasteiger partial charge < -0.3 is 10.2 Å². The van der Waals surface area contributed by atoms with Crippen molar-refractivity contribution in [3.05, 3.63) is 32.8 Å². The van der Waals surface area contributed by atoms with E-state index in [2.05, 4.69) is 10.2 Å². The summed E-state index contributed by atoms with van der Waals surface area (Å²) in [5.74, 6) is 0.713. The van der Waals surface area contributed by atoms with Gasteiger partial charge in [-0.1, -0.05) is 11.6 Å². The molecule has 1 saturated heterocycles. The number of halogens is 1. The molecule has 0 saturated carbocycles. The monoisotopic (exact) mass is 297 g/mol. The molecule has 1 aromatic carbocycles. The van der Waals surface area contributed by atoms with E-state index in [0.717, 1.165) is 43.7 Å². The van der Waals surface area contributed by atoms with Crippen LogP contribution in [0, 0.1) is 23.0 Å². The molecule has 0 atom stereocenters. The molecule has 1 aliphatic rings. The maximum Gasteiger partial charge on any atom is 0.288 e. The van der Waals surface area contributed by atoms with Crippen LogP contribution >= 0.6 is 11.6 Å². The number of aryl methyl sites for hydroxylation is 1. The third-order valence-corrected chi connectivity index (χ3v) is 4.21. The van der Waals surface area contributed by atoms with Crippen molar-refractivity contribution in [2.75, 3.05) is 31.6 Å². The van der Waals surface area contributed by atoms with Gasteiger partial charge in [-0.15, -0.1) is 0 Å². The van der Waals surface area contributed by atoms with Crippen molar-refractivity contribution in [3.63, 3.8) is 0 Å². The van der Waals surface area contributed by atoms with Crippen molar-refractivity contribution >= 4 is 23.0 Å². The van der Waals surface area contributed by atoms with Gasteiger partial charge in [0.15, 0.2) is 0 Å². The van der Waals surface area contributed by atoms with E-state index < -0.39 is 4.92 Å². The Labute approximate surface area is 124 Å². The second kappa shape index (κ2) is 6.41. The molecule has 6 heteroatoms. The average Bonchev–Trinajstić information content (AvgIpc) is 2.42. The zero-order valence-electron chi connectivity index (χ0n) is 11.9. The lowest BCUT2D eigenvalue weighted by Gasteiger charge is -2.34.